The van der Waals surface area contributed by atoms with Crippen LogP contribution in [0.25, 0.3) is 43.1 Å². The van der Waals surface area contributed by atoms with Gasteiger partial charge in [0.2, 0.25) is 0 Å². The van der Waals surface area contributed by atoms with E-state index in [4.69, 9.17) is 0 Å². The number of rotatable bonds is 27. The molecule has 346 valence electrons. The van der Waals surface area contributed by atoms with Crippen LogP contribution in [0.3, 0.4) is 0 Å². The molecule has 0 saturated carbocycles. The first-order valence-electron chi connectivity index (χ1n) is 22.4. The van der Waals surface area contributed by atoms with Crippen molar-refractivity contribution in [1.82, 2.24) is 0 Å². The Morgan fingerprint density at radius 2 is 0.613 bits per heavy atom. The lowest BCUT2D eigenvalue weighted by atomic mass is 9.97. The average molecular weight is 972 g/mol. The molecule has 0 saturated heterocycles. The van der Waals surface area contributed by atoms with Gasteiger partial charge in [0.25, 0.3) is 0 Å². The van der Waals surface area contributed by atoms with E-state index in [1.54, 1.807) is 0 Å². The highest BCUT2D eigenvalue weighted by molar-refractivity contribution is 6.03. The van der Waals surface area contributed by atoms with E-state index in [0.717, 1.165) is 26.2 Å². The highest BCUT2D eigenvalue weighted by Gasteiger charge is 2.14. The fourth-order valence-electron chi connectivity index (χ4n) is 9.08. The molecule has 2 unspecified atom stereocenters. The van der Waals surface area contributed by atoms with Crippen LogP contribution in [0.5, 0.6) is 0 Å². The molecule has 12 N–H and O–H groups in total. The zero-order chi connectivity index (χ0) is 38.6. The number of hydrogen-bond acceptors (Lipinski definition) is 0. The summed E-state index contributed by atoms with van der Waals surface area (Å²) >= 11 is 0. The van der Waals surface area contributed by atoms with E-state index < -0.39 is 0 Å². The number of quaternary nitrogens is 6. The Bertz CT molecular complexity index is 1820. The largest absolute Gasteiger partial charge is 1.00 e. The predicted octanol–water partition coefficient (Wildman–Crippen LogP) is -14.7. The molecule has 0 aliphatic heterocycles. The number of nitrogens with two attached hydrogens (primary N) is 2. The monoisotopic (exact) mass is 968 g/mol. The fourth-order valence-corrected chi connectivity index (χ4v) is 9.08. The first-order valence-corrected chi connectivity index (χ1v) is 22.4. The molecule has 6 aromatic carbocycles. The molecule has 2 atom stereocenters. The van der Waals surface area contributed by atoms with Crippen molar-refractivity contribution in [2.45, 2.75) is 77.3 Å². The van der Waals surface area contributed by atoms with Crippen molar-refractivity contribution >= 4 is 43.1 Å². The lowest BCUT2D eigenvalue weighted by molar-refractivity contribution is -0.907. The zero-order valence-corrected chi connectivity index (χ0v) is 41.3. The van der Waals surface area contributed by atoms with E-state index in [9.17, 15) is 0 Å². The minimum atomic E-state index is 0. The summed E-state index contributed by atoms with van der Waals surface area (Å²) in [4.78, 5) is 3.62. The molecule has 0 fully saturated rings. The molecular weight excluding hydrogens is 897 g/mol. The Kier molecular flexibility index (Phi) is 33.1. The predicted molar refractivity (Wildman–Crippen MR) is 237 cm³/mol. The molecule has 0 radical (unpaired) electrons. The number of fused-ring (bicyclic) bond motifs is 4. The molecule has 0 amide bonds. The van der Waals surface area contributed by atoms with Gasteiger partial charge in [0, 0.05) is 36.8 Å². The topological polar surface area (TPSA) is 97.4 Å². The molecule has 0 bridgehead atoms. The van der Waals surface area contributed by atoms with Crippen LogP contribution in [0, 0.1) is 0 Å². The van der Waals surface area contributed by atoms with Crippen LogP contribution in [0.1, 0.15) is 75.3 Å². The molecule has 6 rings (SSSR count). The Balaban J connectivity index is 0.00000620. The Morgan fingerprint density at radius 1 is 0.339 bits per heavy atom. The fraction of sp³-hybridized carbons (Fsp3) is 0.440. The zero-order valence-electron chi connectivity index (χ0n) is 36.8. The molecule has 62 heavy (non-hydrogen) atoms. The van der Waals surface area contributed by atoms with Crippen LogP contribution < -0.4 is 106 Å². The summed E-state index contributed by atoms with van der Waals surface area (Å²) < 4.78 is 0. The quantitative estimate of drug-likeness (QED) is 0.0219. The van der Waals surface area contributed by atoms with Crippen molar-refractivity contribution in [1.29, 1.82) is 0 Å². The lowest BCUT2D eigenvalue weighted by Gasteiger charge is -2.21. The first kappa shape index (κ1) is 59.9. The average Bonchev–Trinajstić information content (AvgIpc) is 3.24. The molecule has 0 aromatic heterocycles. The van der Waals surface area contributed by atoms with Crippen LogP contribution in [0.2, 0.25) is 0 Å². The second kappa shape index (κ2) is 34.2. The number of benzene rings is 6. The standard InChI is InChI=1S/C50H68N6.6ClH/c51-27-17-35-55(31-13-1-11-29-53-39-49-45-23-7-3-19-41(45)37-42-20-4-8-24-46(42)49)33-15-16-34-56(36-18-28-52)32-14-2-12-30-54-40-50-47-25-9-5-21-43(47)38-44-22-6-10-26-48(44)50;;;;;;/h3-10,19-26,37-38,53-54H,1-2,11-18,27-36,39-40,51-52H2;6*1H. The van der Waals surface area contributed by atoms with Gasteiger partial charge in [-0.05, 0) is 93.7 Å². The maximum Gasteiger partial charge on any atom is 0.102 e. The SMILES string of the molecule is [Cl-].[Cl-].[Cl-].[Cl-].[Cl-].[Cl-].[NH3+]CCC[NH+](CCCCC[NH2+]Cc1c2ccccc2cc2ccccc12)CCCC[NH+](CCC[NH3+])CCCCC[NH2+]Cc1c2ccccc2cc2ccccc12. The third kappa shape index (κ3) is 18.4. The van der Waals surface area contributed by atoms with E-state index >= 15 is 0 Å². The maximum atomic E-state index is 4.16. The van der Waals surface area contributed by atoms with Gasteiger partial charge < -0.3 is 106 Å². The summed E-state index contributed by atoms with van der Waals surface area (Å²) in [5, 5.41) is 16.1. The van der Waals surface area contributed by atoms with Crippen molar-refractivity contribution in [2.75, 3.05) is 65.4 Å². The van der Waals surface area contributed by atoms with E-state index in [1.807, 2.05) is 9.80 Å². The molecule has 12 heteroatoms. The van der Waals surface area contributed by atoms with Crippen LogP contribution >= 0.6 is 0 Å². The Labute approximate surface area is 409 Å². The third-order valence-corrected chi connectivity index (χ3v) is 12.2. The van der Waals surface area contributed by atoms with Gasteiger partial charge in [-0.15, -0.1) is 0 Å². The summed E-state index contributed by atoms with van der Waals surface area (Å²) in [6, 6.07) is 40.3. The number of nitrogens with one attached hydrogen (secondary N) is 2. The summed E-state index contributed by atoms with van der Waals surface area (Å²) in [5.41, 5.74) is 11.3. The second-order valence-corrected chi connectivity index (χ2v) is 16.4. The normalized spacial score (nSPS) is 11.7. The van der Waals surface area contributed by atoms with Crippen LogP contribution in [-0.2, 0) is 13.1 Å². The van der Waals surface area contributed by atoms with Gasteiger partial charge in [0.1, 0.15) is 13.1 Å². The summed E-state index contributed by atoms with van der Waals surface area (Å²) in [6.45, 7) is 14.5. The minimum Gasteiger partial charge on any atom is -1.00 e. The molecule has 0 heterocycles. The molecule has 0 aliphatic carbocycles. The third-order valence-electron chi connectivity index (χ3n) is 12.2. The van der Waals surface area contributed by atoms with Crippen molar-refractivity contribution in [3.63, 3.8) is 0 Å². The molecule has 6 nitrogen and oxygen atoms in total. The van der Waals surface area contributed by atoms with Crippen LogP contribution in [0.15, 0.2) is 109 Å². The Hall–Kier alpha value is -2.14. The van der Waals surface area contributed by atoms with E-state index in [2.05, 4.69) is 131 Å². The van der Waals surface area contributed by atoms with E-state index in [1.165, 1.54) is 171 Å². The first-order chi connectivity index (χ1) is 27.7. The van der Waals surface area contributed by atoms with Crippen molar-refractivity contribution in [3.05, 3.63) is 120 Å². The highest BCUT2D eigenvalue weighted by Crippen LogP contribution is 2.29. The highest BCUT2D eigenvalue weighted by atomic mass is 35.5. The number of unbranched alkanes of at least 4 members (excludes halogenated alkanes) is 5. The van der Waals surface area contributed by atoms with Gasteiger partial charge in [0.15, 0.2) is 0 Å². The Morgan fingerprint density at radius 3 is 0.919 bits per heavy atom. The lowest BCUT2D eigenvalue weighted by Crippen LogP contribution is -3.13. The number of halogens is 6. The molecular formula is C50H74Cl6N6. The van der Waals surface area contributed by atoms with Gasteiger partial charge in [0.05, 0.1) is 65.4 Å². The summed E-state index contributed by atoms with van der Waals surface area (Å²) in [5.74, 6) is 0. The van der Waals surface area contributed by atoms with E-state index in [0.29, 0.717) is 0 Å². The van der Waals surface area contributed by atoms with E-state index in [-0.39, 0.29) is 74.4 Å². The molecule has 0 spiro atoms. The summed E-state index contributed by atoms with van der Waals surface area (Å²) in [7, 11) is 0. The van der Waals surface area contributed by atoms with Crippen molar-refractivity contribution in [3.8, 4) is 0 Å². The van der Waals surface area contributed by atoms with Gasteiger partial charge in [-0.25, -0.2) is 0 Å². The van der Waals surface area contributed by atoms with Crippen molar-refractivity contribution in [2.24, 2.45) is 0 Å². The minimum absolute atomic E-state index is 0. The van der Waals surface area contributed by atoms with Gasteiger partial charge in [-0.3, -0.25) is 0 Å². The van der Waals surface area contributed by atoms with Gasteiger partial charge >= 0.3 is 0 Å². The molecule has 6 aromatic rings. The maximum absolute atomic E-state index is 4.16. The summed E-state index contributed by atoms with van der Waals surface area (Å²) in [6.07, 6.45) is 13.2. The smallest absolute Gasteiger partial charge is 0.102 e. The second-order valence-electron chi connectivity index (χ2n) is 16.4. The van der Waals surface area contributed by atoms with Crippen LogP contribution in [0.4, 0.5) is 0 Å². The van der Waals surface area contributed by atoms with Gasteiger partial charge in [-0.1, -0.05) is 97.1 Å². The van der Waals surface area contributed by atoms with Gasteiger partial charge in [-0.2, -0.15) is 0 Å². The van der Waals surface area contributed by atoms with Crippen molar-refractivity contribution < 1.29 is 106 Å². The van der Waals surface area contributed by atoms with Crippen LogP contribution in [-0.4, -0.2) is 65.4 Å². The molecule has 0 aliphatic rings. The number of hydrogen-bond donors (Lipinski definition) is 6.